The monoisotopic (exact) mass is 470 g/mol. The van der Waals surface area contributed by atoms with Crippen LogP contribution in [0.3, 0.4) is 0 Å². The van der Waals surface area contributed by atoms with Gasteiger partial charge in [0.2, 0.25) is 11.1 Å². The molecule has 0 bridgehead atoms. The van der Waals surface area contributed by atoms with Crippen LogP contribution >= 0.6 is 11.6 Å². The summed E-state index contributed by atoms with van der Waals surface area (Å²) in [5, 5.41) is 3.55. The van der Waals surface area contributed by atoms with Crippen molar-refractivity contribution in [2.45, 2.75) is 25.8 Å². The fourth-order valence-electron chi connectivity index (χ4n) is 3.46. The molecule has 3 aromatic rings. The molecule has 33 heavy (non-hydrogen) atoms. The first-order chi connectivity index (χ1) is 15.8. The highest BCUT2D eigenvalue weighted by Gasteiger charge is 2.51. The molecule has 0 unspecified atom stereocenters. The second kappa shape index (κ2) is 10.3. The number of carbonyl (C=O) groups is 3. The number of hydrogen-bond acceptors (Lipinski definition) is 6. The Morgan fingerprint density at radius 3 is 2.18 bits per heavy atom. The number of aromatic nitrogens is 1. The zero-order valence-corrected chi connectivity index (χ0v) is 18.9. The van der Waals surface area contributed by atoms with Gasteiger partial charge >= 0.3 is 11.9 Å². The summed E-state index contributed by atoms with van der Waals surface area (Å²) in [7, 11) is 0. The average molecular weight is 471 g/mol. The molecule has 0 radical (unpaired) electrons. The molecule has 2 N–H and O–H groups in total. The maximum Gasteiger partial charge on any atom is 0.344 e. The van der Waals surface area contributed by atoms with Crippen molar-refractivity contribution < 1.29 is 23.9 Å². The lowest BCUT2D eigenvalue weighted by molar-refractivity contribution is -0.165. The number of rotatable bonds is 8. The Morgan fingerprint density at radius 2 is 1.58 bits per heavy atom. The summed E-state index contributed by atoms with van der Waals surface area (Å²) in [4.78, 5) is 54.4. The van der Waals surface area contributed by atoms with E-state index >= 15 is 0 Å². The summed E-state index contributed by atoms with van der Waals surface area (Å²) in [6.45, 7) is 3.09. The summed E-state index contributed by atoms with van der Waals surface area (Å²) >= 11 is 5.90. The third-order valence-electron chi connectivity index (χ3n) is 4.97. The molecule has 0 spiro atoms. The average Bonchev–Trinajstić information content (AvgIpc) is 2.79. The van der Waals surface area contributed by atoms with Gasteiger partial charge < -0.3 is 19.8 Å². The van der Waals surface area contributed by atoms with E-state index in [9.17, 15) is 19.2 Å². The van der Waals surface area contributed by atoms with Gasteiger partial charge in [-0.1, -0.05) is 29.8 Å². The third-order valence-corrected chi connectivity index (χ3v) is 5.22. The summed E-state index contributed by atoms with van der Waals surface area (Å²) in [6, 6.07) is 14.2. The quantitative estimate of drug-likeness (QED) is 0.386. The Hall–Kier alpha value is -3.65. The first kappa shape index (κ1) is 24.0. The van der Waals surface area contributed by atoms with Crippen molar-refractivity contribution in [1.29, 1.82) is 0 Å². The van der Waals surface area contributed by atoms with Crippen LogP contribution in [0.15, 0.2) is 59.4 Å². The van der Waals surface area contributed by atoms with Crippen LogP contribution in [0.5, 0.6) is 0 Å². The zero-order valence-electron chi connectivity index (χ0n) is 18.1. The number of esters is 2. The molecule has 1 amide bonds. The summed E-state index contributed by atoms with van der Waals surface area (Å²) in [5.41, 5.74) is -1.58. The summed E-state index contributed by atoms with van der Waals surface area (Å²) in [6.07, 6.45) is -0.353. The van der Waals surface area contributed by atoms with Gasteiger partial charge in [-0.2, -0.15) is 0 Å². The van der Waals surface area contributed by atoms with Gasteiger partial charge in [0.15, 0.2) is 0 Å². The molecule has 0 fully saturated rings. The Balaban J connectivity index is 2.15. The van der Waals surface area contributed by atoms with Crippen LogP contribution in [-0.2, 0) is 25.5 Å². The van der Waals surface area contributed by atoms with Crippen molar-refractivity contribution in [1.82, 2.24) is 10.3 Å². The van der Waals surface area contributed by atoms with Crippen LogP contribution in [0.25, 0.3) is 10.9 Å². The predicted octanol–water partition coefficient (Wildman–Crippen LogP) is 3.02. The van der Waals surface area contributed by atoms with E-state index < -0.39 is 28.9 Å². The van der Waals surface area contributed by atoms with E-state index in [1.165, 1.54) is 30.3 Å². The highest BCUT2D eigenvalue weighted by atomic mass is 35.5. The summed E-state index contributed by atoms with van der Waals surface area (Å²) in [5.74, 6) is -2.69. The Labute approximate surface area is 194 Å². The number of nitrogens with one attached hydrogen (secondary N) is 2. The number of halogens is 1. The molecule has 1 aromatic heterocycles. The molecular formula is C24H23ClN2O6. The van der Waals surface area contributed by atoms with E-state index in [1.807, 2.05) is 0 Å². The van der Waals surface area contributed by atoms with E-state index in [1.54, 1.807) is 38.1 Å². The number of hydrogen-bond donors (Lipinski definition) is 2. The maximum absolute atomic E-state index is 13.2. The van der Waals surface area contributed by atoms with Gasteiger partial charge in [-0.05, 0) is 49.7 Å². The molecular weight excluding hydrogens is 448 g/mol. The SMILES string of the molecule is CCOC(=O)C(Cc1cc(=O)[nH]c2ccccc12)(NC(=O)c1ccc(Cl)cc1)C(=O)OCC. The maximum atomic E-state index is 13.2. The molecule has 0 atom stereocenters. The fourth-order valence-corrected chi connectivity index (χ4v) is 3.58. The molecule has 8 nitrogen and oxygen atoms in total. The van der Waals surface area contributed by atoms with E-state index in [0.717, 1.165) is 0 Å². The molecule has 0 aliphatic rings. The number of benzene rings is 2. The second-order valence-corrected chi connectivity index (χ2v) is 7.62. The number of amides is 1. The molecule has 9 heteroatoms. The van der Waals surface area contributed by atoms with Crippen LogP contribution < -0.4 is 10.9 Å². The normalized spacial score (nSPS) is 11.1. The van der Waals surface area contributed by atoms with Crippen molar-refractivity contribution in [3.05, 3.63) is 81.1 Å². The number of pyridine rings is 1. The molecule has 1 heterocycles. The molecule has 0 saturated heterocycles. The minimum absolute atomic E-state index is 0.0348. The summed E-state index contributed by atoms with van der Waals surface area (Å²) < 4.78 is 10.4. The largest absolute Gasteiger partial charge is 0.464 e. The standard InChI is InChI=1S/C24H23ClN2O6/c1-3-32-22(30)24(23(31)33-4-2,27-21(29)15-9-11-17(25)12-10-15)14-16-13-20(28)26-19-8-6-5-7-18(16)19/h5-13H,3-4,14H2,1-2H3,(H,26,28)(H,27,29). The van der Waals surface area contributed by atoms with Crippen LogP contribution in [0, 0.1) is 0 Å². The van der Waals surface area contributed by atoms with Crippen molar-refractivity contribution in [2.75, 3.05) is 13.2 Å². The van der Waals surface area contributed by atoms with E-state index in [4.69, 9.17) is 21.1 Å². The number of H-pyrrole nitrogens is 1. The minimum atomic E-state index is -2.22. The highest BCUT2D eigenvalue weighted by molar-refractivity contribution is 6.30. The molecule has 0 aliphatic heterocycles. The van der Waals surface area contributed by atoms with E-state index in [2.05, 4.69) is 10.3 Å². The van der Waals surface area contributed by atoms with Crippen LogP contribution in [0.1, 0.15) is 29.8 Å². The molecule has 2 aromatic carbocycles. The lowest BCUT2D eigenvalue weighted by Crippen LogP contribution is -2.63. The van der Waals surface area contributed by atoms with Crippen molar-refractivity contribution in [2.24, 2.45) is 0 Å². The number of carbonyl (C=O) groups excluding carboxylic acids is 3. The first-order valence-corrected chi connectivity index (χ1v) is 10.7. The molecule has 0 saturated carbocycles. The number of aromatic amines is 1. The van der Waals surface area contributed by atoms with Gasteiger partial charge in [0.1, 0.15) is 0 Å². The second-order valence-electron chi connectivity index (χ2n) is 7.19. The molecule has 172 valence electrons. The highest BCUT2D eigenvalue weighted by Crippen LogP contribution is 2.24. The van der Waals surface area contributed by atoms with Crippen LogP contribution in [0.2, 0.25) is 5.02 Å². The molecule has 3 rings (SSSR count). The zero-order chi connectivity index (χ0) is 24.0. The van der Waals surface area contributed by atoms with E-state index in [-0.39, 0.29) is 25.2 Å². The van der Waals surface area contributed by atoms with E-state index in [0.29, 0.717) is 21.5 Å². The van der Waals surface area contributed by atoms with Gasteiger partial charge in [-0.25, -0.2) is 9.59 Å². The minimum Gasteiger partial charge on any atom is -0.464 e. The Kier molecular flexibility index (Phi) is 7.50. The lowest BCUT2D eigenvalue weighted by atomic mass is 9.88. The van der Waals surface area contributed by atoms with Gasteiger partial charge in [-0.3, -0.25) is 9.59 Å². The van der Waals surface area contributed by atoms with Gasteiger partial charge in [-0.15, -0.1) is 0 Å². The number of para-hydroxylation sites is 1. The Morgan fingerprint density at radius 1 is 0.970 bits per heavy atom. The van der Waals surface area contributed by atoms with Crippen LogP contribution in [0.4, 0.5) is 0 Å². The third kappa shape index (κ3) is 5.23. The van der Waals surface area contributed by atoms with Crippen molar-refractivity contribution >= 4 is 40.3 Å². The van der Waals surface area contributed by atoms with Crippen molar-refractivity contribution in [3.63, 3.8) is 0 Å². The van der Waals surface area contributed by atoms with Gasteiger partial charge in [0.25, 0.3) is 5.91 Å². The lowest BCUT2D eigenvalue weighted by Gasteiger charge is -2.30. The predicted molar refractivity (Wildman–Crippen MR) is 123 cm³/mol. The van der Waals surface area contributed by atoms with Crippen molar-refractivity contribution in [3.8, 4) is 0 Å². The fraction of sp³-hybridized carbons (Fsp3) is 0.250. The number of ether oxygens (including phenoxy) is 2. The topological polar surface area (TPSA) is 115 Å². The van der Waals surface area contributed by atoms with Gasteiger partial charge in [0, 0.05) is 34.0 Å². The van der Waals surface area contributed by atoms with Crippen LogP contribution in [-0.4, -0.2) is 41.6 Å². The first-order valence-electron chi connectivity index (χ1n) is 10.3. The Bertz CT molecular complexity index is 1220. The molecule has 0 aliphatic carbocycles. The number of fused-ring (bicyclic) bond motifs is 1. The smallest absolute Gasteiger partial charge is 0.344 e. The van der Waals surface area contributed by atoms with Gasteiger partial charge in [0.05, 0.1) is 13.2 Å².